The minimum absolute atomic E-state index is 0.00690. The number of aromatic nitrogens is 4. The molecule has 10 heteroatoms. The Morgan fingerprint density at radius 3 is 2.78 bits per heavy atom. The maximum Gasteiger partial charge on any atom is 0.272 e. The largest absolute Gasteiger partial charge is 0.381 e. The van der Waals surface area contributed by atoms with Crippen LogP contribution in [0.3, 0.4) is 0 Å². The van der Waals surface area contributed by atoms with E-state index in [2.05, 4.69) is 25.5 Å². The van der Waals surface area contributed by atoms with Gasteiger partial charge in [0.1, 0.15) is 5.82 Å². The first-order chi connectivity index (χ1) is 18.0. The van der Waals surface area contributed by atoms with Crippen LogP contribution >= 0.6 is 0 Å². The predicted molar refractivity (Wildman–Crippen MR) is 135 cm³/mol. The van der Waals surface area contributed by atoms with Crippen LogP contribution in [0.4, 0.5) is 10.3 Å². The molecular weight excluding hydrogens is 475 g/mol. The van der Waals surface area contributed by atoms with Gasteiger partial charge in [0, 0.05) is 49.4 Å². The van der Waals surface area contributed by atoms with Gasteiger partial charge in [0.25, 0.3) is 11.5 Å². The third-order valence-corrected chi connectivity index (χ3v) is 6.91. The highest BCUT2D eigenvalue weighted by Crippen LogP contribution is 2.26. The Morgan fingerprint density at radius 1 is 1.14 bits per heavy atom. The Bertz CT molecular complexity index is 1550. The average molecular weight is 501 g/mol. The number of aromatic amines is 1. The molecule has 4 heterocycles. The molecular formula is C27H25FN6O3. The zero-order chi connectivity index (χ0) is 25.4. The molecule has 1 amide bonds. The summed E-state index contributed by atoms with van der Waals surface area (Å²) in [6, 6.07) is 11.9. The van der Waals surface area contributed by atoms with Crippen molar-refractivity contribution in [2.45, 2.75) is 38.4 Å². The first kappa shape index (κ1) is 23.2. The molecule has 1 saturated heterocycles. The summed E-state index contributed by atoms with van der Waals surface area (Å²) in [7, 11) is 0. The Morgan fingerprint density at radius 2 is 1.95 bits per heavy atom. The van der Waals surface area contributed by atoms with Crippen LogP contribution < -0.4 is 10.9 Å². The lowest BCUT2D eigenvalue weighted by molar-refractivity contribution is 0.0745. The van der Waals surface area contributed by atoms with E-state index in [9.17, 15) is 14.0 Å². The lowest BCUT2D eigenvalue weighted by atomic mass is 10.0. The van der Waals surface area contributed by atoms with Crippen LogP contribution in [0.1, 0.15) is 45.7 Å². The van der Waals surface area contributed by atoms with Crippen LogP contribution in [0.5, 0.6) is 0 Å². The fraction of sp³-hybridized carbons (Fsp3) is 0.296. The molecule has 1 fully saturated rings. The van der Waals surface area contributed by atoms with E-state index < -0.39 is 11.7 Å². The summed E-state index contributed by atoms with van der Waals surface area (Å²) in [5.74, 6) is -0.457. The highest BCUT2D eigenvalue weighted by Gasteiger charge is 2.28. The van der Waals surface area contributed by atoms with Crippen LogP contribution in [-0.2, 0) is 24.2 Å². The number of rotatable bonds is 5. The quantitative estimate of drug-likeness (QED) is 0.433. The van der Waals surface area contributed by atoms with E-state index in [1.165, 1.54) is 6.07 Å². The average Bonchev–Trinajstić information content (AvgIpc) is 3.35. The van der Waals surface area contributed by atoms with Crippen molar-refractivity contribution in [1.82, 2.24) is 25.1 Å². The number of hydrogen-bond donors (Lipinski definition) is 2. The fourth-order valence-corrected chi connectivity index (χ4v) is 4.91. The van der Waals surface area contributed by atoms with E-state index in [4.69, 9.17) is 4.74 Å². The number of halogens is 1. The maximum absolute atomic E-state index is 14.8. The molecule has 9 nitrogen and oxygen atoms in total. The van der Waals surface area contributed by atoms with Gasteiger partial charge in [-0.05, 0) is 36.6 Å². The molecule has 2 aliphatic rings. The van der Waals surface area contributed by atoms with Gasteiger partial charge >= 0.3 is 0 Å². The van der Waals surface area contributed by atoms with Crippen molar-refractivity contribution in [3.63, 3.8) is 0 Å². The standard InChI is InChI=1S/C27H25FN6O3/c28-22-6-5-16(12-23-19-3-1-2-4-20(19)25(35)33-32-23)11-21(22)26(36)34-14-17-13-29-27(31-24(17)15-34)30-18-7-9-37-10-8-18/h1-6,11,13,18H,7-10,12,14-15H2,(H,33,35)(H,29,30,31). The van der Waals surface area contributed by atoms with Crippen LogP contribution in [0.2, 0.25) is 0 Å². The first-order valence-electron chi connectivity index (χ1n) is 12.3. The number of carbonyl (C=O) groups excluding carboxylic acids is 1. The van der Waals surface area contributed by atoms with Gasteiger partial charge in [-0.2, -0.15) is 5.10 Å². The topological polar surface area (TPSA) is 113 Å². The van der Waals surface area contributed by atoms with Gasteiger partial charge in [-0.3, -0.25) is 9.59 Å². The van der Waals surface area contributed by atoms with Gasteiger partial charge in [-0.15, -0.1) is 0 Å². The summed E-state index contributed by atoms with van der Waals surface area (Å²) in [5.41, 5.74) is 2.71. The zero-order valence-corrected chi connectivity index (χ0v) is 20.0. The van der Waals surface area contributed by atoms with E-state index >= 15 is 0 Å². The molecule has 0 aliphatic carbocycles. The summed E-state index contributed by atoms with van der Waals surface area (Å²) in [4.78, 5) is 36.0. The number of carbonyl (C=O) groups is 1. The Hall–Kier alpha value is -4.18. The predicted octanol–water partition coefficient (Wildman–Crippen LogP) is 3.19. The number of hydrogen-bond acceptors (Lipinski definition) is 7. The molecule has 2 aromatic heterocycles. The molecule has 2 aliphatic heterocycles. The molecule has 0 radical (unpaired) electrons. The molecule has 2 N–H and O–H groups in total. The minimum atomic E-state index is -0.586. The Labute approximate surface area is 211 Å². The first-order valence-corrected chi connectivity index (χ1v) is 12.3. The van der Waals surface area contributed by atoms with Gasteiger partial charge in [0.15, 0.2) is 0 Å². The van der Waals surface area contributed by atoms with E-state index in [0.717, 1.165) is 29.5 Å². The van der Waals surface area contributed by atoms with Crippen molar-refractivity contribution in [1.29, 1.82) is 0 Å². The number of ether oxygens (including phenoxy) is 1. The van der Waals surface area contributed by atoms with Gasteiger partial charge < -0.3 is 15.0 Å². The molecule has 2 aromatic carbocycles. The van der Waals surface area contributed by atoms with Crippen LogP contribution in [0.15, 0.2) is 53.5 Å². The second-order valence-electron chi connectivity index (χ2n) is 9.39. The monoisotopic (exact) mass is 500 g/mol. The maximum atomic E-state index is 14.8. The lowest BCUT2D eigenvalue weighted by Gasteiger charge is -2.23. The SMILES string of the molecule is O=C(c1cc(Cc2n[nH]c(=O)c3ccccc23)ccc1F)N1Cc2cnc(NC3CCOCC3)nc2C1. The third-order valence-electron chi connectivity index (χ3n) is 6.91. The Kier molecular flexibility index (Phi) is 6.09. The normalized spacial score (nSPS) is 15.6. The number of benzene rings is 2. The van der Waals surface area contributed by atoms with Crippen LogP contribution in [0.25, 0.3) is 10.8 Å². The van der Waals surface area contributed by atoms with Gasteiger partial charge in [-0.25, -0.2) is 19.5 Å². The highest BCUT2D eigenvalue weighted by atomic mass is 19.1. The van der Waals surface area contributed by atoms with E-state index in [-0.39, 0.29) is 23.7 Å². The molecule has 6 rings (SSSR count). The number of H-pyrrole nitrogens is 1. The molecule has 0 atom stereocenters. The number of anilines is 1. The smallest absolute Gasteiger partial charge is 0.272 e. The summed E-state index contributed by atoms with van der Waals surface area (Å²) in [5, 5.41) is 11.3. The molecule has 188 valence electrons. The van der Waals surface area contributed by atoms with Crippen molar-refractivity contribution in [2.24, 2.45) is 0 Å². The van der Waals surface area contributed by atoms with Gasteiger partial charge in [-0.1, -0.05) is 24.3 Å². The Balaban J connectivity index is 1.20. The van der Waals surface area contributed by atoms with Crippen molar-refractivity contribution < 1.29 is 13.9 Å². The lowest BCUT2D eigenvalue weighted by Crippen LogP contribution is -2.28. The summed E-state index contributed by atoms with van der Waals surface area (Å²) in [6.07, 6.45) is 3.86. The van der Waals surface area contributed by atoms with Crippen LogP contribution in [-0.4, -0.2) is 50.2 Å². The van der Waals surface area contributed by atoms with Crippen molar-refractivity contribution in [3.8, 4) is 0 Å². The van der Waals surface area contributed by atoms with E-state index in [0.29, 0.717) is 48.8 Å². The van der Waals surface area contributed by atoms with Crippen molar-refractivity contribution in [3.05, 3.63) is 92.9 Å². The molecule has 37 heavy (non-hydrogen) atoms. The fourth-order valence-electron chi connectivity index (χ4n) is 4.91. The highest BCUT2D eigenvalue weighted by molar-refractivity contribution is 5.95. The molecule has 0 bridgehead atoms. The van der Waals surface area contributed by atoms with Crippen molar-refractivity contribution >= 4 is 22.6 Å². The van der Waals surface area contributed by atoms with Crippen molar-refractivity contribution in [2.75, 3.05) is 18.5 Å². The van der Waals surface area contributed by atoms with Gasteiger partial charge in [0.05, 0.1) is 28.9 Å². The van der Waals surface area contributed by atoms with E-state index in [1.54, 1.807) is 35.4 Å². The second kappa shape index (κ2) is 9.70. The van der Waals surface area contributed by atoms with Gasteiger partial charge in [0.2, 0.25) is 5.95 Å². The summed E-state index contributed by atoms with van der Waals surface area (Å²) < 4.78 is 20.2. The molecule has 4 aromatic rings. The third kappa shape index (κ3) is 4.67. The second-order valence-corrected chi connectivity index (χ2v) is 9.39. The number of fused-ring (bicyclic) bond motifs is 2. The number of amides is 1. The number of nitrogens with zero attached hydrogens (tertiary/aromatic N) is 4. The minimum Gasteiger partial charge on any atom is -0.381 e. The van der Waals surface area contributed by atoms with E-state index in [1.807, 2.05) is 12.1 Å². The number of nitrogens with one attached hydrogen (secondary N) is 2. The molecule has 0 unspecified atom stereocenters. The molecule has 0 saturated carbocycles. The molecule has 0 spiro atoms. The summed E-state index contributed by atoms with van der Waals surface area (Å²) >= 11 is 0. The summed E-state index contributed by atoms with van der Waals surface area (Å²) in [6.45, 7) is 2.03. The van der Waals surface area contributed by atoms with Crippen LogP contribution in [0, 0.1) is 5.82 Å². The zero-order valence-electron chi connectivity index (χ0n) is 20.0.